The first-order chi connectivity index (χ1) is 23.4. The molecule has 0 bridgehead atoms. The molecule has 1 aliphatic heterocycles. The summed E-state index contributed by atoms with van der Waals surface area (Å²) in [6.07, 6.45) is 17.8. The average molecular weight is 693 g/mol. The Balaban J connectivity index is 0.000000889. The van der Waals surface area contributed by atoms with Gasteiger partial charge in [0.15, 0.2) is 0 Å². The summed E-state index contributed by atoms with van der Waals surface area (Å²) in [5.41, 5.74) is 4.15. The van der Waals surface area contributed by atoms with Gasteiger partial charge in [0.25, 0.3) is 0 Å². The predicted molar refractivity (Wildman–Crippen MR) is 207 cm³/mol. The van der Waals surface area contributed by atoms with Crippen LogP contribution in [0, 0.1) is 45.8 Å². The number of rotatable bonds is 6. The van der Waals surface area contributed by atoms with Gasteiger partial charge in [-0.3, -0.25) is 4.21 Å². The van der Waals surface area contributed by atoms with Crippen LogP contribution in [0.5, 0.6) is 0 Å². The highest BCUT2D eigenvalue weighted by Crippen LogP contribution is 2.72. The van der Waals surface area contributed by atoms with Gasteiger partial charge in [0.1, 0.15) is 0 Å². The van der Waals surface area contributed by atoms with Gasteiger partial charge in [-0.2, -0.15) is 0 Å². The van der Waals surface area contributed by atoms with Crippen LogP contribution < -0.4 is 5.32 Å². The van der Waals surface area contributed by atoms with Gasteiger partial charge in [-0.1, -0.05) is 72.2 Å². The van der Waals surface area contributed by atoms with E-state index >= 15 is 0 Å². The lowest BCUT2D eigenvalue weighted by atomic mass is 9.37. The van der Waals surface area contributed by atoms with E-state index in [-0.39, 0.29) is 5.41 Å². The van der Waals surface area contributed by atoms with Crippen molar-refractivity contribution in [3.63, 3.8) is 0 Å². The van der Waals surface area contributed by atoms with Crippen LogP contribution in [0.4, 0.5) is 0 Å². The third-order valence-corrected chi connectivity index (χ3v) is 16.0. The van der Waals surface area contributed by atoms with Crippen LogP contribution in [0.25, 0.3) is 5.57 Å². The van der Waals surface area contributed by atoms with E-state index in [2.05, 4.69) is 50.6 Å². The van der Waals surface area contributed by atoms with E-state index in [0.717, 1.165) is 67.8 Å². The fourth-order valence-electron chi connectivity index (χ4n) is 12.8. The SMILES string of the molecule is C=CC.CC.CC1(C)C(c2ccc(C(=O)O)cc2)=CCC2(C)C1CCC1(C)C3CCC4(NCCN5CCS(=O)CC5)CCCC4C3CCC12. The first kappa shape index (κ1) is 38.5. The molecule has 6 aliphatic rings. The Labute approximate surface area is 301 Å². The Kier molecular flexibility index (Phi) is 12.1. The van der Waals surface area contributed by atoms with Gasteiger partial charge in [0.2, 0.25) is 0 Å². The van der Waals surface area contributed by atoms with Crippen LogP contribution in [0.2, 0.25) is 0 Å². The maximum absolute atomic E-state index is 11.8. The molecule has 0 aromatic heterocycles. The molecule has 0 radical (unpaired) electrons. The lowest BCUT2D eigenvalue weighted by Gasteiger charge is -2.68. The van der Waals surface area contributed by atoms with Crippen LogP contribution in [-0.4, -0.2) is 63.4 Å². The van der Waals surface area contributed by atoms with E-state index < -0.39 is 16.8 Å². The van der Waals surface area contributed by atoms with Crippen molar-refractivity contribution in [2.45, 2.75) is 118 Å². The quantitative estimate of drug-likeness (QED) is 0.291. The van der Waals surface area contributed by atoms with Crippen LogP contribution in [0.15, 0.2) is 43.0 Å². The van der Waals surface area contributed by atoms with E-state index in [0.29, 0.717) is 27.9 Å². The molecule has 5 aliphatic carbocycles. The van der Waals surface area contributed by atoms with Gasteiger partial charge in [0, 0.05) is 54.0 Å². The molecule has 5 nitrogen and oxygen atoms in total. The normalized spacial score (nSPS) is 38.1. The Morgan fingerprint density at radius 2 is 1.61 bits per heavy atom. The third-order valence-electron chi connectivity index (χ3n) is 14.7. The maximum Gasteiger partial charge on any atom is 0.335 e. The monoisotopic (exact) mass is 692 g/mol. The second-order valence-electron chi connectivity index (χ2n) is 17.1. The van der Waals surface area contributed by atoms with Crippen LogP contribution in [0.3, 0.4) is 0 Å². The van der Waals surface area contributed by atoms with E-state index in [1.54, 1.807) is 18.2 Å². The largest absolute Gasteiger partial charge is 0.478 e. The zero-order valence-electron chi connectivity index (χ0n) is 32.0. The van der Waals surface area contributed by atoms with Crippen molar-refractivity contribution in [3.05, 3.63) is 54.1 Å². The van der Waals surface area contributed by atoms with Crippen molar-refractivity contribution in [2.24, 2.45) is 45.8 Å². The highest BCUT2D eigenvalue weighted by molar-refractivity contribution is 7.85. The summed E-state index contributed by atoms with van der Waals surface area (Å²) in [4.78, 5) is 14.0. The number of carboxylic acid groups (broad SMARTS) is 1. The lowest BCUT2D eigenvalue weighted by molar-refractivity contribution is -0.172. The summed E-state index contributed by atoms with van der Waals surface area (Å²) < 4.78 is 11.8. The van der Waals surface area contributed by atoms with Crippen molar-refractivity contribution in [1.82, 2.24) is 10.2 Å². The second-order valence-corrected chi connectivity index (χ2v) is 18.8. The standard InChI is InChI=1S/C38H56N2O3S.C3H6.C2H6/c1-35(2)29(26-7-9-27(10-8-26)34(41)42)13-17-37(4)32(35)15-18-36(3)30-14-19-38(39-20-21-40-22-24-44(43)25-23-40)16-5-6-31(38)28(30)11-12-33(36)37;1-3-2;1-2/h7-10,13,28,30-33,39H,5-6,11-12,14-25H2,1-4H3,(H,41,42);3H,1H2,2H3;1-2H3. The smallest absolute Gasteiger partial charge is 0.335 e. The van der Waals surface area contributed by atoms with Gasteiger partial charge in [-0.25, -0.2) is 4.79 Å². The van der Waals surface area contributed by atoms with Gasteiger partial charge in [0.05, 0.1) is 5.56 Å². The van der Waals surface area contributed by atoms with Gasteiger partial charge in [-0.05, 0) is 134 Å². The molecule has 6 heteroatoms. The number of hydrogen-bond acceptors (Lipinski definition) is 4. The van der Waals surface area contributed by atoms with Crippen LogP contribution in [-0.2, 0) is 10.8 Å². The zero-order chi connectivity index (χ0) is 35.6. The molecule has 0 amide bonds. The van der Waals surface area contributed by atoms with Crippen molar-refractivity contribution in [2.75, 3.05) is 37.7 Å². The van der Waals surface area contributed by atoms with Gasteiger partial charge >= 0.3 is 5.97 Å². The molecule has 4 saturated carbocycles. The minimum atomic E-state index is -0.853. The highest BCUT2D eigenvalue weighted by atomic mass is 32.2. The summed E-state index contributed by atoms with van der Waals surface area (Å²) in [6, 6.07) is 7.63. The minimum Gasteiger partial charge on any atom is -0.478 e. The zero-order valence-corrected chi connectivity index (χ0v) is 32.8. The average Bonchev–Trinajstić information content (AvgIpc) is 3.51. The summed E-state index contributed by atoms with van der Waals surface area (Å²) in [5, 5.41) is 13.6. The summed E-state index contributed by atoms with van der Waals surface area (Å²) in [5.74, 6) is 4.82. The maximum atomic E-state index is 11.8. The predicted octanol–water partition coefficient (Wildman–Crippen LogP) is 9.47. The Hall–Kier alpha value is -1.76. The third kappa shape index (κ3) is 7.06. The first-order valence-corrected chi connectivity index (χ1v) is 21.3. The summed E-state index contributed by atoms with van der Waals surface area (Å²) in [7, 11) is -0.595. The van der Waals surface area contributed by atoms with Crippen molar-refractivity contribution >= 4 is 22.3 Å². The molecule has 49 heavy (non-hydrogen) atoms. The fourth-order valence-corrected chi connectivity index (χ4v) is 13.9. The van der Waals surface area contributed by atoms with Crippen LogP contribution in [0.1, 0.15) is 129 Å². The molecule has 1 aromatic carbocycles. The number of nitrogens with zero attached hydrogens (tertiary/aromatic N) is 1. The molecule has 1 heterocycles. The topological polar surface area (TPSA) is 69.6 Å². The molecule has 1 aromatic rings. The van der Waals surface area contributed by atoms with Crippen molar-refractivity contribution in [1.29, 1.82) is 0 Å². The Bertz CT molecular complexity index is 1360. The van der Waals surface area contributed by atoms with E-state index in [4.69, 9.17) is 0 Å². The van der Waals surface area contributed by atoms with Gasteiger partial charge in [-0.15, -0.1) is 6.58 Å². The molecule has 7 rings (SSSR count). The van der Waals surface area contributed by atoms with Crippen molar-refractivity contribution in [3.8, 4) is 0 Å². The van der Waals surface area contributed by atoms with Crippen molar-refractivity contribution < 1.29 is 14.1 Å². The number of nitrogens with one attached hydrogen (secondary N) is 1. The number of aromatic carboxylic acids is 1. The molecular weight excluding hydrogens is 625 g/mol. The second kappa shape index (κ2) is 15.5. The summed E-state index contributed by atoms with van der Waals surface area (Å²) >= 11 is 0. The lowest BCUT2D eigenvalue weighted by Crippen LogP contribution is -2.63. The molecule has 0 spiro atoms. The Morgan fingerprint density at radius 3 is 2.27 bits per heavy atom. The molecule has 274 valence electrons. The molecular formula is C43H68N2O3S. The van der Waals surface area contributed by atoms with Crippen LogP contribution >= 0.6 is 0 Å². The molecule has 1 saturated heterocycles. The highest BCUT2D eigenvalue weighted by Gasteiger charge is 2.65. The minimum absolute atomic E-state index is 0.0659. The number of hydrogen-bond donors (Lipinski definition) is 2. The van der Waals surface area contributed by atoms with E-state index in [1.165, 1.54) is 68.9 Å². The molecule has 8 atom stereocenters. The fraction of sp³-hybridized carbons (Fsp3) is 0.744. The van der Waals surface area contributed by atoms with E-state index in [9.17, 15) is 14.1 Å². The molecule has 2 N–H and O–H groups in total. The summed E-state index contributed by atoms with van der Waals surface area (Å²) in [6.45, 7) is 23.8. The molecule has 5 fully saturated rings. The number of carboxylic acids is 1. The number of carbonyl (C=O) groups is 1. The molecule has 8 unspecified atom stereocenters. The van der Waals surface area contributed by atoms with Gasteiger partial charge < -0.3 is 15.3 Å². The number of benzene rings is 1. The Morgan fingerprint density at radius 1 is 0.939 bits per heavy atom. The van der Waals surface area contributed by atoms with E-state index in [1.807, 2.05) is 32.9 Å². The number of fused-ring (bicyclic) bond motifs is 7. The first-order valence-electron chi connectivity index (χ1n) is 19.8. The number of allylic oxidation sites excluding steroid dienone is 3.